The molecule has 7 heteroatoms. The summed E-state index contributed by atoms with van der Waals surface area (Å²) >= 11 is 0. The van der Waals surface area contributed by atoms with Gasteiger partial charge in [-0.1, -0.05) is 19.9 Å². The zero-order valence-corrected chi connectivity index (χ0v) is 14.9. The summed E-state index contributed by atoms with van der Waals surface area (Å²) < 4.78 is 10.4. The number of nitrogens with zero attached hydrogens (tertiary/aromatic N) is 1. The Morgan fingerprint density at radius 2 is 1.92 bits per heavy atom. The maximum Gasteiger partial charge on any atom is 0.345 e. The van der Waals surface area contributed by atoms with Crippen molar-refractivity contribution in [2.75, 3.05) is 14.2 Å². The lowest BCUT2D eigenvalue weighted by Crippen LogP contribution is -2.27. The van der Waals surface area contributed by atoms with Crippen LogP contribution in [0.2, 0.25) is 0 Å². The van der Waals surface area contributed by atoms with E-state index >= 15 is 0 Å². The Bertz CT molecular complexity index is 799. The van der Waals surface area contributed by atoms with E-state index in [9.17, 15) is 9.59 Å². The van der Waals surface area contributed by atoms with Crippen LogP contribution in [0.25, 0.3) is 0 Å². The predicted octanol–water partition coefficient (Wildman–Crippen LogP) is 1.92. The van der Waals surface area contributed by atoms with E-state index in [2.05, 4.69) is 15.3 Å². The zero-order valence-electron chi connectivity index (χ0n) is 14.9. The van der Waals surface area contributed by atoms with E-state index in [4.69, 9.17) is 9.47 Å². The van der Waals surface area contributed by atoms with Gasteiger partial charge in [-0.25, -0.2) is 4.79 Å². The van der Waals surface area contributed by atoms with Crippen molar-refractivity contribution in [3.8, 4) is 11.5 Å². The first-order valence-corrected chi connectivity index (χ1v) is 8.02. The Kier molecular flexibility index (Phi) is 6.16. The van der Waals surface area contributed by atoms with Gasteiger partial charge in [0.15, 0.2) is 11.5 Å². The molecule has 0 atom stereocenters. The van der Waals surface area contributed by atoms with Crippen LogP contribution in [0.3, 0.4) is 0 Å². The van der Waals surface area contributed by atoms with Crippen LogP contribution in [0.4, 0.5) is 0 Å². The molecule has 0 unspecified atom stereocenters. The highest BCUT2D eigenvalue weighted by atomic mass is 16.5. The van der Waals surface area contributed by atoms with Crippen LogP contribution in [0, 0.1) is 5.92 Å². The van der Waals surface area contributed by atoms with E-state index in [0.29, 0.717) is 29.5 Å². The number of aromatic amines is 1. The molecule has 0 saturated carbocycles. The normalized spacial score (nSPS) is 10.6. The highest BCUT2D eigenvalue weighted by Crippen LogP contribution is 2.27. The van der Waals surface area contributed by atoms with E-state index in [1.165, 1.54) is 0 Å². The number of H-pyrrole nitrogens is 1. The van der Waals surface area contributed by atoms with Crippen molar-refractivity contribution in [2.24, 2.45) is 5.92 Å². The molecule has 0 aliphatic rings. The summed E-state index contributed by atoms with van der Waals surface area (Å²) in [5, 5.41) is 2.76. The third-order valence-electron chi connectivity index (χ3n) is 3.56. The van der Waals surface area contributed by atoms with Crippen molar-refractivity contribution in [2.45, 2.75) is 26.8 Å². The molecule has 2 rings (SSSR count). The topological polar surface area (TPSA) is 93.3 Å². The van der Waals surface area contributed by atoms with Crippen molar-refractivity contribution in [1.29, 1.82) is 0 Å². The standard InChI is InChI=1S/C18H23N3O4/c1-11(2)7-13-9-14(21-18(23)20-13)17(22)19-10-12-5-6-15(24-3)16(8-12)25-4/h5-6,8-9,11H,7,10H2,1-4H3,(H,19,22)(H,20,21,23). The number of carbonyl (C=O) groups is 1. The Balaban J connectivity index is 2.10. The predicted molar refractivity (Wildman–Crippen MR) is 94.1 cm³/mol. The van der Waals surface area contributed by atoms with E-state index in [0.717, 1.165) is 5.56 Å². The number of hydrogen-bond acceptors (Lipinski definition) is 5. The maximum atomic E-state index is 12.3. The molecule has 134 valence electrons. The molecule has 0 aliphatic heterocycles. The van der Waals surface area contributed by atoms with Crippen LogP contribution in [0.1, 0.15) is 35.6 Å². The lowest BCUT2D eigenvalue weighted by Gasteiger charge is -2.10. The van der Waals surface area contributed by atoms with Crippen molar-refractivity contribution < 1.29 is 14.3 Å². The summed E-state index contributed by atoms with van der Waals surface area (Å²) in [5.41, 5.74) is 1.14. The number of nitrogens with one attached hydrogen (secondary N) is 2. The minimum Gasteiger partial charge on any atom is -0.493 e. The summed E-state index contributed by atoms with van der Waals surface area (Å²) in [5.74, 6) is 1.17. The molecular formula is C18H23N3O4. The van der Waals surface area contributed by atoms with Crippen molar-refractivity contribution in [1.82, 2.24) is 15.3 Å². The molecule has 7 nitrogen and oxygen atoms in total. The van der Waals surface area contributed by atoms with Crippen molar-refractivity contribution in [3.05, 3.63) is 51.7 Å². The highest BCUT2D eigenvalue weighted by Gasteiger charge is 2.12. The average molecular weight is 345 g/mol. The Labute approximate surface area is 146 Å². The largest absolute Gasteiger partial charge is 0.493 e. The minimum absolute atomic E-state index is 0.111. The summed E-state index contributed by atoms with van der Waals surface area (Å²) in [7, 11) is 3.11. The first kappa shape index (κ1) is 18.5. The molecule has 0 bridgehead atoms. The van der Waals surface area contributed by atoms with Gasteiger partial charge in [-0.05, 0) is 36.1 Å². The fourth-order valence-corrected chi connectivity index (χ4v) is 2.44. The molecule has 0 saturated heterocycles. The smallest absolute Gasteiger partial charge is 0.345 e. The fourth-order valence-electron chi connectivity index (χ4n) is 2.44. The molecule has 1 aromatic carbocycles. The number of hydrogen-bond donors (Lipinski definition) is 2. The number of ether oxygens (including phenoxy) is 2. The van der Waals surface area contributed by atoms with Gasteiger partial charge in [0.05, 0.1) is 14.2 Å². The molecule has 2 aromatic rings. The molecular weight excluding hydrogens is 322 g/mol. The first-order chi connectivity index (χ1) is 11.9. The van der Waals surface area contributed by atoms with Gasteiger partial charge < -0.3 is 19.8 Å². The third-order valence-corrected chi connectivity index (χ3v) is 3.56. The SMILES string of the molecule is COc1ccc(CNC(=O)c2cc(CC(C)C)[nH]c(=O)n2)cc1OC. The van der Waals surface area contributed by atoms with Gasteiger partial charge in [-0.15, -0.1) is 0 Å². The van der Waals surface area contributed by atoms with E-state index in [1.54, 1.807) is 32.4 Å². The van der Waals surface area contributed by atoms with Crippen LogP contribution in [-0.2, 0) is 13.0 Å². The molecule has 2 N–H and O–H groups in total. The lowest BCUT2D eigenvalue weighted by atomic mass is 10.1. The summed E-state index contributed by atoms with van der Waals surface area (Å²) in [6.07, 6.45) is 0.674. The molecule has 25 heavy (non-hydrogen) atoms. The monoisotopic (exact) mass is 345 g/mol. The zero-order chi connectivity index (χ0) is 18.4. The van der Waals surface area contributed by atoms with Gasteiger partial charge in [0.1, 0.15) is 5.69 Å². The average Bonchev–Trinajstić information content (AvgIpc) is 2.58. The van der Waals surface area contributed by atoms with Gasteiger partial charge >= 0.3 is 5.69 Å². The van der Waals surface area contributed by atoms with Crippen LogP contribution >= 0.6 is 0 Å². The van der Waals surface area contributed by atoms with Gasteiger partial charge in [0.2, 0.25) is 0 Å². The Morgan fingerprint density at radius 1 is 1.20 bits per heavy atom. The first-order valence-electron chi connectivity index (χ1n) is 8.02. The number of amides is 1. The van der Waals surface area contributed by atoms with Gasteiger partial charge in [-0.3, -0.25) is 4.79 Å². The quantitative estimate of drug-likeness (QED) is 0.800. The van der Waals surface area contributed by atoms with Crippen LogP contribution < -0.4 is 20.5 Å². The summed E-state index contributed by atoms with van der Waals surface area (Å²) in [6.45, 7) is 4.36. The fraction of sp³-hybridized carbons (Fsp3) is 0.389. The van der Waals surface area contributed by atoms with Gasteiger partial charge in [0.25, 0.3) is 5.91 Å². The maximum absolute atomic E-state index is 12.3. The van der Waals surface area contributed by atoms with Crippen LogP contribution in [-0.4, -0.2) is 30.1 Å². The van der Waals surface area contributed by atoms with Gasteiger partial charge in [0, 0.05) is 12.2 Å². The number of benzene rings is 1. The number of aromatic nitrogens is 2. The van der Waals surface area contributed by atoms with E-state index in [1.807, 2.05) is 19.9 Å². The summed E-state index contributed by atoms with van der Waals surface area (Å²) in [4.78, 5) is 30.4. The molecule has 0 radical (unpaired) electrons. The molecule has 0 spiro atoms. The second kappa shape index (κ2) is 8.32. The van der Waals surface area contributed by atoms with E-state index < -0.39 is 11.6 Å². The number of rotatable bonds is 7. The molecule has 1 amide bonds. The second-order valence-electron chi connectivity index (χ2n) is 6.07. The Morgan fingerprint density at radius 3 is 2.56 bits per heavy atom. The second-order valence-corrected chi connectivity index (χ2v) is 6.07. The number of carbonyl (C=O) groups excluding carboxylic acids is 1. The van der Waals surface area contributed by atoms with Crippen molar-refractivity contribution >= 4 is 5.91 Å². The minimum atomic E-state index is -0.519. The summed E-state index contributed by atoms with van der Waals surface area (Å²) in [6, 6.07) is 7.00. The van der Waals surface area contributed by atoms with Gasteiger partial charge in [-0.2, -0.15) is 4.98 Å². The molecule has 1 heterocycles. The lowest BCUT2D eigenvalue weighted by molar-refractivity contribution is 0.0945. The van der Waals surface area contributed by atoms with Crippen LogP contribution in [0.5, 0.6) is 11.5 Å². The van der Waals surface area contributed by atoms with Crippen LogP contribution in [0.15, 0.2) is 29.1 Å². The van der Waals surface area contributed by atoms with E-state index in [-0.39, 0.29) is 12.2 Å². The number of methoxy groups -OCH3 is 2. The third kappa shape index (κ3) is 5.07. The molecule has 0 aliphatic carbocycles. The molecule has 0 fully saturated rings. The van der Waals surface area contributed by atoms with Crippen molar-refractivity contribution in [3.63, 3.8) is 0 Å². The highest BCUT2D eigenvalue weighted by molar-refractivity contribution is 5.92. The Hall–Kier alpha value is -2.83. The molecule has 1 aromatic heterocycles.